The van der Waals surface area contributed by atoms with Gasteiger partial charge in [-0.25, -0.2) is 14.8 Å². The molecule has 0 aliphatic carbocycles. The molecule has 3 rings (SSSR count). The van der Waals surface area contributed by atoms with Gasteiger partial charge in [-0.1, -0.05) is 6.07 Å². The molecule has 0 spiro atoms. The van der Waals surface area contributed by atoms with Crippen molar-refractivity contribution in [3.63, 3.8) is 0 Å². The quantitative estimate of drug-likeness (QED) is 0.716. The molecule has 29 heavy (non-hydrogen) atoms. The second kappa shape index (κ2) is 10.6. The van der Waals surface area contributed by atoms with E-state index in [-0.39, 0.29) is 6.03 Å². The van der Waals surface area contributed by atoms with Crippen LogP contribution in [0.2, 0.25) is 0 Å². The van der Waals surface area contributed by atoms with Crippen molar-refractivity contribution in [1.29, 1.82) is 0 Å². The number of amides is 2. The second-order valence-corrected chi connectivity index (χ2v) is 7.30. The minimum absolute atomic E-state index is 0.186. The highest BCUT2D eigenvalue weighted by molar-refractivity contribution is 5.73. The fourth-order valence-corrected chi connectivity index (χ4v) is 3.55. The molecule has 2 aromatic heterocycles. The fourth-order valence-electron chi connectivity index (χ4n) is 3.55. The molecule has 1 saturated heterocycles. The molecular weight excluding hydrogens is 364 g/mol. The van der Waals surface area contributed by atoms with Crippen molar-refractivity contribution in [3.8, 4) is 0 Å². The SMILES string of the molecule is CCN(CC)c1ccc(CNC(=O)NCc2ccnc(N3CCCCC3)c2)cn1. The zero-order valence-corrected chi connectivity index (χ0v) is 17.5. The highest BCUT2D eigenvalue weighted by atomic mass is 16.2. The van der Waals surface area contributed by atoms with E-state index >= 15 is 0 Å². The first kappa shape index (κ1) is 20.9. The molecule has 2 aromatic rings. The summed E-state index contributed by atoms with van der Waals surface area (Å²) in [7, 11) is 0. The van der Waals surface area contributed by atoms with Crippen LogP contribution in [0.1, 0.15) is 44.2 Å². The normalized spacial score (nSPS) is 13.8. The number of nitrogens with one attached hydrogen (secondary N) is 2. The van der Waals surface area contributed by atoms with Gasteiger partial charge < -0.3 is 20.4 Å². The van der Waals surface area contributed by atoms with Gasteiger partial charge in [-0.05, 0) is 62.4 Å². The van der Waals surface area contributed by atoms with E-state index in [0.29, 0.717) is 13.1 Å². The molecule has 1 aliphatic heterocycles. The smallest absolute Gasteiger partial charge is 0.315 e. The van der Waals surface area contributed by atoms with E-state index < -0.39 is 0 Å². The number of urea groups is 1. The molecule has 2 amide bonds. The van der Waals surface area contributed by atoms with Crippen molar-refractivity contribution >= 4 is 17.7 Å². The predicted molar refractivity (Wildman–Crippen MR) is 117 cm³/mol. The Kier molecular flexibility index (Phi) is 7.67. The zero-order valence-electron chi connectivity index (χ0n) is 17.5. The van der Waals surface area contributed by atoms with Crippen LogP contribution in [-0.2, 0) is 13.1 Å². The maximum Gasteiger partial charge on any atom is 0.315 e. The van der Waals surface area contributed by atoms with Crippen LogP contribution in [0.5, 0.6) is 0 Å². The number of hydrogen-bond donors (Lipinski definition) is 2. The largest absolute Gasteiger partial charge is 0.357 e. The van der Waals surface area contributed by atoms with Gasteiger partial charge in [0, 0.05) is 51.7 Å². The lowest BCUT2D eigenvalue weighted by Crippen LogP contribution is -2.34. The number of carbonyl (C=O) groups is 1. The first-order valence-electron chi connectivity index (χ1n) is 10.6. The first-order valence-corrected chi connectivity index (χ1v) is 10.6. The molecule has 156 valence electrons. The van der Waals surface area contributed by atoms with Crippen LogP contribution in [0, 0.1) is 0 Å². The third kappa shape index (κ3) is 6.07. The van der Waals surface area contributed by atoms with E-state index in [0.717, 1.165) is 48.9 Å². The Morgan fingerprint density at radius 3 is 2.38 bits per heavy atom. The summed E-state index contributed by atoms with van der Waals surface area (Å²) in [5.74, 6) is 1.97. The van der Waals surface area contributed by atoms with Gasteiger partial charge in [-0.2, -0.15) is 0 Å². The topological polar surface area (TPSA) is 73.4 Å². The number of carbonyl (C=O) groups excluding carboxylic acids is 1. The number of anilines is 2. The molecule has 2 N–H and O–H groups in total. The van der Waals surface area contributed by atoms with E-state index in [9.17, 15) is 4.79 Å². The average Bonchev–Trinajstić information content (AvgIpc) is 2.79. The predicted octanol–water partition coefficient (Wildman–Crippen LogP) is 3.31. The van der Waals surface area contributed by atoms with Crippen molar-refractivity contribution in [3.05, 3.63) is 47.8 Å². The summed E-state index contributed by atoms with van der Waals surface area (Å²) in [5.41, 5.74) is 2.04. The van der Waals surface area contributed by atoms with Crippen LogP contribution in [0.3, 0.4) is 0 Å². The number of nitrogens with zero attached hydrogens (tertiary/aromatic N) is 4. The summed E-state index contributed by atoms with van der Waals surface area (Å²) < 4.78 is 0. The number of pyridine rings is 2. The monoisotopic (exact) mass is 396 g/mol. The number of hydrogen-bond acceptors (Lipinski definition) is 5. The Hall–Kier alpha value is -2.83. The Labute approximate surface area is 173 Å². The van der Waals surface area contributed by atoms with E-state index in [1.54, 1.807) is 0 Å². The molecule has 0 unspecified atom stereocenters. The molecular formula is C22H32N6O. The lowest BCUT2D eigenvalue weighted by atomic mass is 10.1. The van der Waals surface area contributed by atoms with Crippen molar-refractivity contribution in [2.75, 3.05) is 36.0 Å². The van der Waals surface area contributed by atoms with Crippen molar-refractivity contribution in [1.82, 2.24) is 20.6 Å². The van der Waals surface area contributed by atoms with Gasteiger partial charge in [0.25, 0.3) is 0 Å². The van der Waals surface area contributed by atoms with Crippen LogP contribution in [0.15, 0.2) is 36.7 Å². The summed E-state index contributed by atoms with van der Waals surface area (Å²) in [4.78, 5) is 25.7. The Morgan fingerprint density at radius 2 is 1.72 bits per heavy atom. The molecule has 3 heterocycles. The summed E-state index contributed by atoms with van der Waals surface area (Å²) in [6, 6.07) is 7.84. The van der Waals surface area contributed by atoms with Crippen LogP contribution in [-0.4, -0.2) is 42.2 Å². The Bertz CT molecular complexity index is 769. The minimum Gasteiger partial charge on any atom is -0.357 e. The number of aromatic nitrogens is 2. The lowest BCUT2D eigenvalue weighted by molar-refractivity contribution is 0.240. The van der Waals surface area contributed by atoms with E-state index in [2.05, 4.69) is 50.3 Å². The van der Waals surface area contributed by atoms with E-state index in [1.165, 1.54) is 19.3 Å². The third-order valence-electron chi connectivity index (χ3n) is 5.29. The number of piperidine rings is 1. The second-order valence-electron chi connectivity index (χ2n) is 7.30. The molecule has 7 nitrogen and oxygen atoms in total. The lowest BCUT2D eigenvalue weighted by Gasteiger charge is -2.27. The highest BCUT2D eigenvalue weighted by Crippen LogP contribution is 2.18. The van der Waals surface area contributed by atoms with Crippen molar-refractivity contribution in [2.45, 2.75) is 46.2 Å². The van der Waals surface area contributed by atoms with Crippen LogP contribution >= 0.6 is 0 Å². The number of rotatable bonds is 8. The maximum absolute atomic E-state index is 12.2. The Balaban J connectivity index is 1.45. The summed E-state index contributed by atoms with van der Waals surface area (Å²) >= 11 is 0. The third-order valence-corrected chi connectivity index (χ3v) is 5.29. The van der Waals surface area contributed by atoms with Crippen molar-refractivity contribution in [2.24, 2.45) is 0 Å². The molecule has 1 fully saturated rings. The fraction of sp³-hybridized carbons (Fsp3) is 0.500. The first-order chi connectivity index (χ1) is 14.2. The van der Waals surface area contributed by atoms with Gasteiger partial charge in [0.15, 0.2) is 0 Å². The van der Waals surface area contributed by atoms with Crippen molar-refractivity contribution < 1.29 is 4.79 Å². The summed E-state index contributed by atoms with van der Waals surface area (Å²) in [5, 5.41) is 5.82. The zero-order chi connectivity index (χ0) is 20.5. The van der Waals surface area contributed by atoms with E-state index in [4.69, 9.17) is 0 Å². The Morgan fingerprint density at radius 1 is 1.00 bits per heavy atom. The van der Waals surface area contributed by atoms with Gasteiger partial charge in [0.2, 0.25) is 0 Å². The molecule has 0 radical (unpaired) electrons. The molecule has 7 heteroatoms. The summed E-state index contributed by atoms with van der Waals surface area (Å²) in [6.45, 7) is 9.14. The highest BCUT2D eigenvalue weighted by Gasteiger charge is 2.12. The molecule has 1 aliphatic rings. The molecule has 0 atom stereocenters. The molecule has 0 aromatic carbocycles. The maximum atomic E-state index is 12.2. The van der Waals surface area contributed by atoms with Gasteiger partial charge in [0.05, 0.1) is 0 Å². The van der Waals surface area contributed by atoms with E-state index in [1.807, 2.05) is 30.6 Å². The standard InChI is InChI=1S/C22H32N6O/c1-3-27(4-2)20-9-8-19(16-24-20)17-26-22(29)25-15-18-10-11-23-21(14-18)28-12-6-5-7-13-28/h8-11,14,16H,3-7,12-13,15,17H2,1-2H3,(H2,25,26,29). The van der Waals surface area contributed by atoms with Crippen LogP contribution in [0.4, 0.5) is 16.4 Å². The average molecular weight is 397 g/mol. The van der Waals surface area contributed by atoms with Gasteiger partial charge >= 0.3 is 6.03 Å². The molecule has 0 saturated carbocycles. The van der Waals surface area contributed by atoms with Crippen LogP contribution < -0.4 is 20.4 Å². The molecule has 0 bridgehead atoms. The summed E-state index contributed by atoms with van der Waals surface area (Å²) in [6.07, 6.45) is 7.38. The van der Waals surface area contributed by atoms with Gasteiger partial charge in [-0.3, -0.25) is 0 Å². The minimum atomic E-state index is -0.186. The van der Waals surface area contributed by atoms with Gasteiger partial charge in [-0.15, -0.1) is 0 Å². The van der Waals surface area contributed by atoms with Gasteiger partial charge in [0.1, 0.15) is 11.6 Å². The van der Waals surface area contributed by atoms with Crippen LogP contribution in [0.25, 0.3) is 0 Å².